The van der Waals surface area contributed by atoms with Gasteiger partial charge in [-0.3, -0.25) is 0 Å². The number of hydrogen-bond donors (Lipinski definition) is 0. The maximum Gasteiger partial charge on any atom is 0.0593 e. The Morgan fingerprint density at radius 1 is 1.08 bits per heavy atom. The van der Waals surface area contributed by atoms with E-state index in [1.807, 2.05) is 11.4 Å². The van der Waals surface area contributed by atoms with Gasteiger partial charge in [-0.25, -0.2) is 0 Å². The van der Waals surface area contributed by atoms with Crippen molar-refractivity contribution in [2.75, 3.05) is 0 Å². The predicted octanol–water partition coefficient (Wildman–Crippen LogP) is 3.70. The van der Waals surface area contributed by atoms with Crippen molar-refractivity contribution >= 4 is 23.1 Å². The van der Waals surface area contributed by atoms with Crippen molar-refractivity contribution in [2.24, 2.45) is 0 Å². The molecule has 2 heteroatoms. The highest BCUT2D eigenvalue weighted by Gasteiger charge is 1.95. The summed E-state index contributed by atoms with van der Waals surface area (Å²) in [7, 11) is 0. The molecule has 0 N–H and O–H groups in total. The van der Waals surface area contributed by atoms with Gasteiger partial charge in [-0.05, 0) is 23.6 Å². The normalized spacial score (nSPS) is 10.0. The average molecular weight is 191 g/mol. The van der Waals surface area contributed by atoms with Crippen molar-refractivity contribution in [2.45, 2.75) is 9.79 Å². The summed E-state index contributed by atoms with van der Waals surface area (Å²) in [5.74, 6) is 0. The van der Waals surface area contributed by atoms with Crippen LogP contribution in [0.1, 0.15) is 0 Å². The van der Waals surface area contributed by atoms with Gasteiger partial charge >= 0.3 is 0 Å². The van der Waals surface area contributed by atoms with E-state index in [1.165, 1.54) is 9.79 Å². The molecule has 0 nitrogen and oxygen atoms in total. The molecule has 0 amide bonds. The van der Waals surface area contributed by atoms with Gasteiger partial charge in [0.1, 0.15) is 0 Å². The summed E-state index contributed by atoms with van der Waals surface area (Å²) in [4.78, 5) is 2.47. The fourth-order valence-electron chi connectivity index (χ4n) is 0.892. The summed E-state index contributed by atoms with van der Waals surface area (Å²) in [6.07, 6.45) is 0. The van der Waals surface area contributed by atoms with Crippen LogP contribution in [0.5, 0.6) is 0 Å². The molecule has 0 aliphatic heterocycles. The zero-order valence-electron chi connectivity index (χ0n) is 6.36. The van der Waals surface area contributed by atoms with E-state index in [2.05, 4.69) is 35.7 Å². The summed E-state index contributed by atoms with van der Waals surface area (Å²) in [6, 6.07) is 12.4. The van der Waals surface area contributed by atoms with Crippen LogP contribution in [0.3, 0.4) is 0 Å². The number of rotatable bonds is 2. The second-order valence-electron chi connectivity index (χ2n) is 2.30. The van der Waals surface area contributed by atoms with E-state index in [9.17, 15) is 0 Å². The van der Waals surface area contributed by atoms with Crippen molar-refractivity contribution in [3.63, 3.8) is 0 Å². The van der Waals surface area contributed by atoms with Gasteiger partial charge in [0, 0.05) is 9.79 Å². The molecule has 0 bridgehead atoms. The minimum atomic E-state index is 1.20. The van der Waals surface area contributed by atoms with Crippen LogP contribution in [0, 0.1) is 5.38 Å². The van der Waals surface area contributed by atoms with Crippen LogP contribution in [0.25, 0.3) is 0 Å². The molecule has 0 aliphatic carbocycles. The summed E-state index contributed by atoms with van der Waals surface area (Å²) in [6.45, 7) is 0. The van der Waals surface area contributed by atoms with E-state index >= 15 is 0 Å². The molecule has 0 saturated heterocycles. The third-order valence-electron chi connectivity index (χ3n) is 1.42. The number of thiophene rings is 1. The molecule has 59 valence electrons. The van der Waals surface area contributed by atoms with Crippen LogP contribution in [0.15, 0.2) is 51.6 Å². The van der Waals surface area contributed by atoms with Crippen LogP contribution in [0.2, 0.25) is 0 Å². The molecule has 0 unspecified atom stereocenters. The van der Waals surface area contributed by atoms with E-state index in [-0.39, 0.29) is 0 Å². The van der Waals surface area contributed by atoms with Gasteiger partial charge in [-0.1, -0.05) is 30.0 Å². The van der Waals surface area contributed by atoms with Crippen LogP contribution < -0.4 is 0 Å². The molecule has 0 aliphatic rings. The van der Waals surface area contributed by atoms with Crippen LogP contribution >= 0.6 is 23.1 Å². The number of hydrogen-bond acceptors (Lipinski definition) is 2. The Hall–Kier alpha value is -0.730. The Labute approximate surface area is 80.3 Å². The van der Waals surface area contributed by atoms with E-state index in [4.69, 9.17) is 0 Å². The van der Waals surface area contributed by atoms with E-state index in [0.717, 1.165) is 0 Å². The zero-order chi connectivity index (χ0) is 8.23. The van der Waals surface area contributed by atoms with Crippen LogP contribution in [0.4, 0.5) is 0 Å². The molecule has 0 atom stereocenters. The third-order valence-corrected chi connectivity index (χ3v) is 3.12. The largest absolute Gasteiger partial charge is 0.142 e. The van der Waals surface area contributed by atoms with Gasteiger partial charge in [-0.2, -0.15) is 0 Å². The van der Waals surface area contributed by atoms with Crippen molar-refractivity contribution in [1.82, 2.24) is 0 Å². The van der Waals surface area contributed by atoms with Crippen LogP contribution in [-0.4, -0.2) is 0 Å². The molecule has 1 aromatic carbocycles. The molecule has 1 aromatic heterocycles. The molecular formula is C10H7S2. The second-order valence-corrected chi connectivity index (χ2v) is 4.13. The lowest BCUT2D eigenvalue weighted by atomic mass is 10.4. The van der Waals surface area contributed by atoms with Gasteiger partial charge in [0.25, 0.3) is 0 Å². The Bertz CT molecular complexity index is 324. The summed E-state index contributed by atoms with van der Waals surface area (Å²) >= 11 is 3.36. The minimum absolute atomic E-state index is 1.20. The van der Waals surface area contributed by atoms with Gasteiger partial charge in [-0.15, -0.1) is 11.3 Å². The molecular weight excluding hydrogens is 184 g/mol. The minimum Gasteiger partial charge on any atom is -0.142 e. The molecule has 0 spiro atoms. The predicted molar refractivity (Wildman–Crippen MR) is 53.7 cm³/mol. The summed E-state index contributed by atoms with van der Waals surface area (Å²) < 4.78 is 0. The standard InChI is InChI=1S/C10H7S2/c1-2-4-9(5-3-1)12-10-6-7-11-8-10/h1-7H. The lowest BCUT2D eigenvalue weighted by Crippen LogP contribution is -1.67. The lowest BCUT2D eigenvalue weighted by Gasteiger charge is -1.95. The van der Waals surface area contributed by atoms with Gasteiger partial charge in [0.15, 0.2) is 0 Å². The molecule has 1 radical (unpaired) electrons. The second kappa shape index (κ2) is 3.78. The summed E-state index contributed by atoms with van der Waals surface area (Å²) in [5.41, 5.74) is 0. The zero-order valence-corrected chi connectivity index (χ0v) is 7.99. The highest BCUT2D eigenvalue weighted by atomic mass is 32.2. The smallest absolute Gasteiger partial charge is 0.0593 e. The number of benzene rings is 1. The highest BCUT2D eigenvalue weighted by Crippen LogP contribution is 2.27. The van der Waals surface area contributed by atoms with Crippen molar-refractivity contribution in [1.29, 1.82) is 0 Å². The lowest BCUT2D eigenvalue weighted by molar-refractivity contribution is 1.44. The first-order valence-electron chi connectivity index (χ1n) is 3.63. The van der Waals surface area contributed by atoms with E-state index in [1.54, 1.807) is 23.1 Å². The third kappa shape index (κ3) is 1.90. The Morgan fingerprint density at radius 3 is 2.58 bits per heavy atom. The molecule has 1 heterocycles. The first kappa shape index (κ1) is 7.90. The molecule has 0 saturated carbocycles. The SMILES string of the molecule is [c]1sccc1Sc1ccccc1. The topological polar surface area (TPSA) is 0 Å². The van der Waals surface area contributed by atoms with Crippen molar-refractivity contribution in [3.05, 3.63) is 47.2 Å². The van der Waals surface area contributed by atoms with E-state index < -0.39 is 0 Å². The molecule has 2 aromatic rings. The summed E-state index contributed by atoms with van der Waals surface area (Å²) in [5, 5.41) is 5.24. The Kier molecular flexibility index (Phi) is 2.49. The maximum atomic E-state index is 3.19. The fraction of sp³-hybridized carbons (Fsp3) is 0. The van der Waals surface area contributed by atoms with Gasteiger partial charge in [0.2, 0.25) is 0 Å². The quantitative estimate of drug-likeness (QED) is 0.697. The average Bonchev–Trinajstić information content (AvgIpc) is 2.59. The van der Waals surface area contributed by atoms with Crippen LogP contribution in [-0.2, 0) is 0 Å². The Morgan fingerprint density at radius 2 is 1.92 bits per heavy atom. The molecule has 12 heavy (non-hydrogen) atoms. The van der Waals surface area contributed by atoms with Gasteiger partial charge in [0.05, 0.1) is 5.38 Å². The maximum absolute atomic E-state index is 3.19. The fourth-order valence-corrected chi connectivity index (χ4v) is 2.43. The molecule has 0 fully saturated rings. The Balaban J connectivity index is 2.15. The van der Waals surface area contributed by atoms with Gasteiger partial charge < -0.3 is 0 Å². The first-order valence-corrected chi connectivity index (χ1v) is 5.33. The van der Waals surface area contributed by atoms with E-state index in [0.29, 0.717) is 0 Å². The van der Waals surface area contributed by atoms with Crippen molar-refractivity contribution < 1.29 is 0 Å². The highest BCUT2D eigenvalue weighted by molar-refractivity contribution is 7.99. The first-order chi connectivity index (χ1) is 5.95. The molecule has 2 rings (SSSR count). The monoisotopic (exact) mass is 191 g/mol. The van der Waals surface area contributed by atoms with Crippen molar-refractivity contribution in [3.8, 4) is 0 Å².